The molecule has 0 radical (unpaired) electrons. The summed E-state index contributed by atoms with van der Waals surface area (Å²) in [4.78, 5) is 6.73. The van der Waals surface area contributed by atoms with E-state index in [0.29, 0.717) is 12.5 Å². The highest BCUT2D eigenvalue weighted by Gasteiger charge is 2.19. The molecule has 0 saturated carbocycles. The van der Waals surface area contributed by atoms with E-state index >= 15 is 0 Å². The molecule has 16 heavy (non-hydrogen) atoms. The third-order valence-electron chi connectivity index (χ3n) is 3.23. The normalized spacial score (nSPS) is 17.8. The second kappa shape index (κ2) is 5.15. The summed E-state index contributed by atoms with van der Waals surface area (Å²) in [6.07, 6.45) is 3.99. The highest BCUT2D eigenvalue weighted by molar-refractivity contribution is 9.10. The van der Waals surface area contributed by atoms with Gasteiger partial charge in [0.25, 0.3) is 0 Å². The first kappa shape index (κ1) is 11.9. The van der Waals surface area contributed by atoms with Crippen LogP contribution in [0.15, 0.2) is 16.7 Å². The van der Waals surface area contributed by atoms with Crippen LogP contribution in [0.4, 0.5) is 5.82 Å². The van der Waals surface area contributed by atoms with Gasteiger partial charge in [0.1, 0.15) is 5.82 Å². The van der Waals surface area contributed by atoms with E-state index in [1.54, 1.807) is 0 Å². The third kappa shape index (κ3) is 2.55. The van der Waals surface area contributed by atoms with Crippen LogP contribution in [-0.4, -0.2) is 29.8 Å². The number of piperidine rings is 1. The van der Waals surface area contributed by atoms with Gasteiger partial charge in [-0.3, -0.25) is 0 Å². The monoisotopic (exact) mass is 284 g/mol. The van der Waals surface area contributed by atoms with Crippen molar-refractivity contribution in [1.82, 2.24) is 4.98 Å². The topological polar surface area (TPSA) is 36.4 Å². The molecular weight excluding hydrogens is 268 g/mol. The zero-order chi connectivity index (χ0) is 11.5. The van der Waals surface area contributed by atoms with Crippen molar-refractivity contribution in [1.29, 1.82) is 0 Å². The Balaban J connectivity index is 2.05. The number of hydrogen-bond donors (Lipinski definition) is 1. The smallest absolute Gasteiger partial charge is 0.128 e. The summed E-state index contributed by atoms with van der Waals surface area (Å²) in [5.41, 5.74) is 1.22. The van der Waals surface area contributed by atoms with Gasteiger partial charge < -0.3 is 10.0 Å². The summed E-state index contributed by atoms with van der Waals surface area (Å²) in [5, 5.41) is 9.09. The summed E-state index contributed by atoms with van der Waals surface area (Å²) >= 11 is 3.46. The second-order valence-corrected chi connectivity index (χ2v) is 5.26. The number of aliphatic hydroxyl groups is 1. The Kier molecular flexibility index (Phi) is 3.82. The minimum atomic E-state index is 0.320. The highest BCUT2D eigenvalue weighted by Crippen LogP contribution is 2.24. The first-order valence-corrected chi connectivity index (χ1v) is 6.48. The van der Waals surface area contributed by atoms with Gasteiger partial charge in [-0.1, -0.05) is 0 Å². The van der Waals surface area contributed by atoms with Crippen LogP contribution in [0.2, 0.25) is 0 Å². The Bertz CT molecular complexity index is 362. The molecule has 1 aromatic heterocycles. The summed E-state index contributed by atoms with van der Waals surface area (Å²) in [6, 6.07) is 2.11. The largest absolute Gasteiger partial charge is 0.396 e. The summed E-state index contributed by atoms with van der Waals surface area (Å²) in [5.74, 6) is 1.53. The van der Waals surface area contributed by atoms with E-state index in [1.807, 2.05) is 6.20 Å². The summed E-state index contributed by atoms with van der Waals surface area (Å²) in [7, 11) is 0. The lowest BCUT2D eigenvalue weighted by atomic mass is 9.98. The van der Waals surface area contributed by atoms with Crippen LogP contribution in [0.5, 0.6) is 0 Å². The standard InChI is InChI=1S/C12H17BrN2O/c1-9-6-12(14-7-11(9)13)15-4-2-10(8-16)3-5-15/h6-7,10,16H,2-5,8H2,1H3. The molecule has 0 unspecified atom stereocenters. The Morgan fingerprint density at radius 3 is 2.75 bits per heavy atom. The third-order valence-corrected chi connectivity index (χ3v) is 4.06. The van der Waals surface area contributed by atoms with Crippen molar-refractivity contribution in [2.75, 3.05) is 24.6 Å². The molecule has 1 aliphatic rings. The molecule has 1 aliphatic heterocycles. The van der Waals surface area contributed by atoms with Gasteiger partial charge in [-0.2, -0.15) is 0 Å². The van der Waals surface area contributed by atoms with Gasteiger partial charge in [0, 0.05) is 30.4 Å². The van der Waals surface area contributed by atoms with Crippen molar-refractivity contribution in [3.05, 3.63) is 22.3 Å². The Labute approximate surface area is 105 Å². The lowest BCUT2D eigenvalue weighted by Crippen LogP contribution is -2.35. The van der Waals surface area contributed by atoms with Crippen LogP contribution in [0.25, 0.3) is 0 Å². The number of rotatable bonds is 2. The molecule has 1 N–H and O–H groups in total. The zero-order valence-electron chi connectivity index (χ0n) is 9.49. The number of nitrogens with zero attached hydrogens (tertiary/aromatic N) is 2. The van der Waals surface area contributed by atoms with Crippen LogP contribution in [0.1, 0.15) is 18.4 Å². The van der Waals surface area contributed by atoms with Gasteiger partial charge in [-0.25, -0.2) is 4.98 Å². The van der Waals surface area contributed by atoms with Crippen molar-refractivity contribution in [2.45, 2.75) is 19.8 Å². The number of aryl methyl sites for hydroxylation is 1. The molecule has 0 atom stereocenters. The molecule has 2 heterocycles. The van der Waals surface area contributed by atoms with Gasteiger partial charge in [0.05, 0.1) is 0 Å². The molecule has 3 nitrogen and oxygen atoms in total. The predicted octanol–water partition coefficient (Wildman–Crippen LogP) is 2.36. The fourth-order valence-electron chi connectivity index (χ4n) is 2.04. The van der Waals surface area contributed by atoms with E-state index in [1.165, 1.54) is 5.56 Å². The average Bonchev–Trinajstić information content (AvgIpc) is 2.33. The number of pyridine rings is 1. The maximum atomic E-state index is 9.09. The summed E-state index contributed by atoms with van der Waals surface area (Å²) < 4.78 is 1.06. The molecule has 1 aromatic rings. The molecule has 0 bridgehead atoms. The van der Waals surface area contributed by atoms with Crippen molar-refractivity contribution >= 4 is 21.7 Å². The maximum Gasteiger partial charge on any atom is 0.128 e. The number of anilines is 1. The fourth-order valence-corrected chi connectivity index (χ4v) is 2.26. The van der Waals surface area contributed by atoms with E-state index in [9.17, 15) is 0 Å². The van der Waals surface area contributed by atoms with E-state index in [4.69, 9.17) is 5.11 Å². The van der Waals surface area contributed by atoms with Crippen molar-refractivity contribution in [2.24, 2.45) is 5.92 Å². The van der Waals surface area contributed by atoms with Gasteiger partial charge >= 0.3 is 0 Å². The maximum absolute atomic E-state index is 9.09. The van der Waals surface area contributed by atoms with Gasteiger partial charge in [0.2, 0.25) is 0 Å². The second-order valence-electron chi connectivity index (χ2n) is 4.40. The van der Waals surface area contributed by atoms with E-state index < -0.39 is 0 Å². The van der Waals surface area contributed by atoms with Gasteiger partial charge in [-0.15, -0.1) is 0 Å². The van der Waals surface area contributed by atoms with Crippen LogP contribution < -0.4 is 4.90 Å². The number of aromatic nitrogens is 1. The average molecular weight is 285 g/mol. The minimum Gasteiger partial charge on any atom is -0.396 e. The molecular formula is C12H17BrN2O. The SMILES string of the molecule is Cc1cc(N2CCC(CO)CC2)ncc1Br. The van der Waals surface area contributed by atoms with Crippen LogP contribution in [0.3, 0.4) is 0 Å². The molecule has 88 valence electrons. The molecule has 0 spiro atoms. The van der Waals surface area contributed by atoms with E-state index in [0.717, 1.165) is 36.2 Å². The lowest BCUT2D eigenvalue weighted by Gasteiger charge is -2.32. The van der Waals surface area contributed by atoms with Crippen molar-refractivity contribution in [3.8, 4) is 0 Å². The molecule has 1 saturated heterocycles. The Morgan fingerprint density at radius 2 is 2.19 bits per heavy atom. The summed E-state index contributed by atoms with van der Waals surface area (Å²) in [6.45, 7) is 4.40. The molecule has 1 fully saturated rings. The number of halogens is 1. The first-order valence-electron chi connectivity index (χ1n) is 5.68. The van der Waals surface area contributed by atoms with Crippen LogP contribution >= 0.6 is 15.9 Å². The van der Waals surface area contributed by atoms with Crippen LogP contribution in [0, 0.1) is 12.8 Å². The highest BCUT2D eigenvalue weighted by atomic mass is 79.9. The molecule has 0 aliphatic carbocycles. The molecule has 4 heteroatoms. The molecule has 2 rings (SSSR count). The number of hydrogen-bond acceptors (Lipinski definition) is 3. The first-order chi connectivity index (χ1) is 7.70. The fraction of sp³-hybridized carbons (Fsp3) is 0.583. The quantitative estimate of drug-likeness (QED) is 0.906. The lowest BCUT2D eigenvalue weighted by molar-refractivity contribution is 0.203. The van der Waals surface area contributed by atoms with E-state index in [2.05, 4.69) is 38.8 Å². The predicted molar refractivity (Wildman–Crippen MR) is 68.7 cm³/mol. The van der Waals surface area contributed by atoms with Crippen molar-refractivity contribution < 1.29 is 5.11 Å². The van der Waals surface area contributed by atoms with Gasteiger partial charge in [0.15, 0.2) is 0 Å². The zero-order valence-corrected chi connectivity index (χ0v) is 11.1. The minimum absolute atomic E-state index is 0.320. The van der Waals surface area contributed by atoms with Gasteiger partial charge in [-0.05, 0) is 53.2 Å². The Hall–Kier alpha value is -0.610. The van der Waals surface area contributed by atoms with E-state index in [-0.39, 0.29) is 0 Å². The number of aliphatic hydroxyl groups excluding tert-OH is 1. The molecule has 0 aromatic carbocycles. The molecule has 0 amide bonds. The van der Waals surface area contributed by atoms with Crippen LogP contribution in [-0.2, 0) is 0 Å². The van der Waals surface area contributed by atoms with Crippen molar-refractivity contribution in [3.63, 3.8) is 0 Å². The Morgan fingerprint density at radius 1 is 1.50 bits per heavy atom.